The Labute approximate surface area is 187 Å². The molecule has 1 aromatic heterocycles. The Kier molecular flexibility index (Phi) is 6.80. The maximum Gasteiger partial charge on any atom is 0.327 e. The van der Waals surface area contributed by atoms with Gasteiger partial charge in [0.15, 0.2) is 5.13 Å². The van der Waals surface area contributed by atoms with Gasteiger partial charge in [0, 0.05) is 23.8 Å². The van der Waals surface area contributed by atoms with Crippen molar-refractivity contribution in [3.63, 3.8) is 0 Å². The molecule has 0 unspecified atom stereocenters. The molecular formula is C19H18ClFN4O4S2. The van der Waals surface area contributed by atoms with E-state index in [0.717, 1.165) is 17.4 Å². The fourth-order valence-corrected chi connectivity index (χ4v) is 4.43. The summed E-state index contributed by atoms with van der Waals surface area (Å²) in [5.74, 6) is -0.346. The van der Waals surface area contributed by atoms with E-state index in [-0.39, 0.29) is 20.8 Å². The second kappa shape index (κ2) is 9.18. The molecule has 0 aliphatic rings. The number of amides is 2. The minimum absolute atomic E-state index is 0.0749. The number of halogens is 2. The largest absolute Gasteiger partial charge is 0.445 e. The van der Waals surface area contributed by atoms with Gasteiger partial charge in [-0.3, -0.25) is 10.2 Å². The fourth-order valence-electron chi connectivity index (χ4n) is 2.56. The van der Waals surface area contributed by atoms with Gasteiger partial charge < -0.3 is 4.74 Å². The summed E-state index contributed by atoms with van der Waals surface area (Å²) in [6.45, 7) is 1.66. The van der Waals surface area contributed by atoms with Crippen LogP contribution >= 0.6 is 22.9 Å². The zero-order valence-corrected chi connectivity index (χ0v) is 19.0. The first-order chi connectivity index (χ1) is 14.6. The second-order valence-electron chi connectivity index (χ2n) is 6.34. The van der Waals surface area contributed by atoms with Crippen LogP contribution in [0.15, 0.2) is 47.5 Å². The first-order valence-corrected chi connectivity index (χ1v) is 11.5. The standard InChI is InChI=1S/C19H18ClFN4O4S2/c1-11-4-5-14(9-16(11)31(27,28)22-2)25(3)19(26)24-18-23-10-17(30-18)29-15-7-12(20)6-13(21)8-15/h4-10,22H,1-3H3,(H,23,24,26). The van der Waals surface area contributed by atoms with E-state index in [9.17, 15) is 17.6 Å². The second-order valence-corrected chi connectivity index (χ2v) is 9.62. The van der Waals surface area contributed by atoms with Crippen LogP contribution in [0.4, 0.5) is 20.0 Å². The quantitative estimate of drug-likeness (QED) is 0.532. The van der Waals surface area contributed by atoms with Crippen molar-refractivity contribution < 1.29 is 22.3 Å². The van der Waals surface area contributed by atoms with Gasteiger partial charge in [0.1, 0.15) is 11.6 Å². The van der Waals surface area contributed by atoms with Crippen molar-refractivity contribution >= 4 is 49.8 Å². The van der Waals surface area contributed by atoms with Crippen LogP contribution in [0.3, 0.4) is 0 Å². The number of aryl methyl sites for hydroxylation is 1. The molecule has 0 spiro atoms. The number of nitrogens with zero attached hydrogens (tertiary/aromatic N) is 2. The minimum atomic E-state index is -3.67. The molecule has 0 aliphatic carbocycles. The number of sulfonamides is 1. The number of ether oxygens (including phenoxy) is 1. The molecule has 3 rings (SSSR count). The predicted octanol–water partition coefficient (Wildman–Crippen LogP) is 4.61. The van der Waals surface area contributed by atoms with Crippen LogP contribution in [0.2, 0.25) is 5.02 Å². The van der Waals surface area contributed by atoms with E-state index in [2.05, 4.69) is 15.0 Å². The number of urea groups is 1. The molecule has 2 amide bonds. The van der Waals surface area contributed by atoms with Gasteiger partial charge in [-0.2, -0.15) is 0 Å². The van der Waals surface area contributed by atoms with Crippen LogP contribution in [0.5, 0.6) is 10.8 Å². The summed E-state index contributed by atoms with van der Waals surface area (Å²) in [5, 5.41) is 3.35. The lowest BCUT2D eigenvalue weighted by Gasteiger charge is -2.19. The highest BCUT2D eigenvalue weighted by atomic mass is 35.5. The van der Waals surface area contributed by atoms with Gasteiger partial charge >= 0.3 is 6.03 Å². The van der Waals surface area contributed by atoms with Crippen molar-refractivity contribution in [2.24, 2.45) is 0 Å². The Hall–Kier alpha value is -2.73. The van der Waals surface area contributed by atoms with Crippen molar-refractivity contribution in [2.75, 3.05) is 24.3 Å². The van der Waals surface area contributed by atoms with Gasteiger partial charge in [-0.1, -0.05) is 29.0 Å². The van der Waals surface area contributed by atoms with Gasteiger partial charge in [0.2, 0.25) is 15.1 Å². The topological polar surface area (TPSA) is 101 Å². The van der Waals surface area contributed by atoms with Crippen LogP contribution in [-0.2, 0) is 10.0 Å². The first kappa shape index (κ1) is 22.9. The summed E-state index contributed by atoms with van der Waals surface area (Å²) >= 11 is 6.84. The zero-order valence-electron chi connectivity index (χ0n) is 16.6. The molecule has 2 N–H and O–H groups in total. The summed E-state index contributed by atoms with van der Waals surface area (Å²) in [7, 11) is -0.861. The molecule has 3 aromatic rings. The maximum absolute atomic E-state index is 13.4. The molecule has 0 bridgehead atoms. The SMILES string of the molecule is CNS(=O)(=O)c1cc(N(C)C(=O)Nc2ncc(Oc3cc(F)cc(Cl)c3)s2)ccc1C. The third-order valence-electron chi connectivity index (χ3n) is 4.17. The summed E-state index contributed by atoms with van der Waals surface area (Å²) in [6, 6.07) is 7.89. The maximum atomic E-state index is 13.4. The molecular weight excluding hydrogens is 467 g/mol. The van der Waals surface area contributed by atoms with Gasteiger partial charge in [0.25, 0.3) is 0 Å². The Morgan fingerprint density at radius 2 is 2.00 bits per heavy atom. The number of hydrogen-bond acceptors (Lipinski definition) is 6. The summed E-state index contributed by atoms with van der Waals surface area (Å²) < 4.78 is 45.5. The number of carbonyl (C=O) groups excluding carboxylic acids is 1. The van der Waals surface area contributed by atoms with Gasteiger partial charge in [-0.15, -0.1) is 0 Å². The summed E-state index contributed by atoms with van der Waals surface area (Å²) in [4.78, 5) is 18.0. The van der Waals surface area contributed by atoms with Crippen LogP contribution in [0.1, 0.15) is 5.56 Å². The number of carbonyl (C=O) groups is 1. The third-order valence-corrected chi connectivity index (χ3v) is 6.74. The molecule has 31 heavy (non-hydrogen) atoms. The van der Waals surface area contributed by atoms with E-state index in [4.69, 9.17) is 16.3 Å². The van der Waals surface area contributed by atoms with Crippen molar-refractivity contribution in [3.05, 3.63) is 59.0 Å². The molecule has 2 aromatic carbocycles. The lowest BCUT2D eigenvalue weighted by Crippen LogP contribution is -2.31. The van der Waals surface area contributed by atoms with E-state index in [1.807, 2.05) is 0 Å². The number of anilines is 2. The third kappa shape index (κ3) is 5.50. The molecule has 8 nitrogen and oxygen atoms in total. The van der Waals surface area contributed by atoms with E-state index in [1.165, 1.54) is 43.4 Å². The number of benzene rings is 2. The normalized spacial score (nSPS) is 11.3. The van der Waals surface area contributed by atoms with Crippen LogP contribution in [0.25, 0.3) is 0 Å². The highest BCUT2D eigenvalue weighted by Gasteiger charge is 2.19. The first-order valence-electron chi connectivity index (χ1n) is 8.78. The van der Waals surface area contributed by atoms with E-state index in [1.54, 1.807) is 19.1 Å². The van der Waals surface area contributed by atoms with E-state index >= 15 is 0 Å². The zero-order chi connectivity index (χ0) is 22.8. The molecule has 164 valence electrons. The number of aromatic nitrogens is 1. The number of rotatable bonds is 6. The van der Waals surface area contributed by atoms with Gasteiger partial charge in [0.05, 0.1) is 11.1 Å². The molecule has 0 radical (unpaired) electrons. The number of thiazole rings is 1. The Morgan fingerprint density at radius 1 is 1.26 bits per heavy atom. The average molecular weight is 485 g/mol. The minimum Gasteiger partial charge on any atom is -0.445 e. The molecule has 0 saturated heterocycles. The fraction of sp³-hybridized carbons (Fsp3) is 0.158. The smallest absolute Gasteiger partial charge is 0.327 e. The van der Waals surface area contributed by atoms with Crippen molar-refractivity contribution in [1.29, 1.82) is 0 Å². The average Bonchev–Trinajstić information content (AvgIpc) is 3.13. The lowest BCUT2D eigenvalue weighted by atomic mass is 10.2. The Balaban J connectivity index is 1.73. The van der Waals surface area contributed by atoms with Crippen molar-refractivity contribution in [3.8, 4) is 10.8 Å². The van der Waals surface area contributed by atoms with Gasteiger partial charge in [-0.05, 0) is 43.8 Å². The van der Waals surface area contributed by atoms with E-state index in [0.29, 0.717) is 16.3 Å². The van der Waals surface area contributed by atoms with Crippen molar-refractivity contribution in [2.45, 2.75) is 11.8 Å². The monoisotopic (exact) mass is 484 g/mol. The number of nitrogens with one attached hydrogen (secondary N) is 2. The molecule has 1 heterocycles. The molecule has 0 atom stereocenters. The Bertz CT molecular complexity index is 1210. The summed E-state index contributed by atoms with van der Waals surface area (Å²) in [5.41, 5.74) is 0.922. The highest BCUT2D eigenvalue weighted by molar-refractivity contribution is 7.89. The highest BCUT2D eigenvalue weighted by Crippen LogP contribution is 2.32. The summed E-state index contributed by atoms with van der Waals surface area (Å²) in [6.07, 6.45) is 1.38. The predicted molar refractivity (Wildman–Crippen MR) is 118 cm³/mol. The van der Waals surface area contributed by atoms with Crippen LogP contribution in [-0.4, -0.2) is 33.5 Å². The van der Waals surface area contributed by atoms with Crippen LogP contribution in [0, 0.1) is 12.7 Å². The number of hydrogen-bond donors (Lipinski definition) is 2. The van der Waals surface area contributed by atoms with Crippen molar-refractivity contribution in [1.82, 2.24) is 9.71 Å². The molecule has 12 heteroatoms. The molecule has 0 saturated carbocycles. The molecule has 0 fully saturated rings. The van der Waals surface area contributed by atoms with Crippen LogP contribution < -0.4 is 19.7 Å². The van der Waals surface area contributed by atoms with Gasteiger partial charge in [-0.25, -0.2) is 27.3 Å². The lowest BCUT2D eigenvalue weighted by molar-refractivity contribution is 0.258. The molecule has 0 aliphatic heterocycles. The Morgan fingerprint density at radius 3 is 2.68 bits per heavy atom. The van der Waals surface area contributed by atoms with E-state index < -0.39 is 21.9 Å².